The van der Waals surface area contributed by atoms with Gasteiger partial charge in [-0.2, -0.15) is 15.2 Å². The maximum absolute atomic E-state index is 14.6. The molecule has 236 valence electrons. The van der Waals surface area contributed by atoms with Gasteiger partial charge in [0.1, 0.15) is 11.6 Å². The first-order valence-electron chi connectivity index (χ1n) is 15.2. The largest absolute Gasteiger partial charge is 0.463 e. The fraction of sp³-hybridized carbons (Fsp3) is 0.455. The number of piperazine rings is 1. The Morgan fingerprint density at radius 2 is 2.07 bits per heavy atom. The first-order chi connectivity index (χ1) is 21.8. The predicted octanol–water partition coefficient (Wildman–Crippen LogP) is 4.06. The van der Waals surface area contributed by atoms with Gasteiger partial charge in [-0.25, -0.2) is 4.39 Å². The maximum Gasteiger partial charge on any atom is 0.318 e. The van der Waals surface area contributed by atoms with Gasteiger partial charge in [0.05, 0.1) is 55.6 Å². The molecule has 0 N–H and O–H groups in total. The minimum Gasteiger partial charge on any atom is -0.463 e. The molecular formula is C33H37ClFN7O3. The molecule has 6 rings (SSSR count). The van der Waals surface area contributed by atoms with Crippen LogP contribution in [0.25, 0.3) is 10.8 Å². The average molecular weight is 634 g/mol. The summed E-state index contributed by atoms with van der Waals surface area (Å²) in [6, 6.07) is 11.4. The van der Waals surface area contributed by atoms with Crippen molar-refractivity contribution in [3.05, 3.63) is 65.1 Å². The second-order valence-electron chi connectivity index (χ2n) is 12.0. The molecule has 3 aliphatic heterocycles. The molecule has 1 aromatic heterocycles. The van der Waals surface area contributed by atoms with Gasteiger partial charge >= 0.3 is 6.01 Å². The standard InChI is InChI=1S/C33H37ClFN7O3/c1-4-29(43)42-15-14-41(16-23(42)10-12-36)32-24-11-13-40(27-7-5-6-21-8-9-25(35)31(34)30(21)27)17-26(24)37-33(38-32)45-19-22-18-44-20-28(22)39(2)3/h4-9,22-23,28H,1,10-11,13-20H2,2-3H3/t22-,23?,28-/m0/s1. The molecule has 0 bridgehead atoms. The van der Waals surface area contributed by atoms with Gasteiger partial charge in [-0.3, -0.25) is 4.79 Å². The third-order valence-corrected chi connectivity index (χ3v) is 9.47. The van der Waals surface area contributed by atoms with Gasteiger partial charge in [0, 0.05) is 54.8 Å². The summed E-state index contributed by atoms with van der Waals surface area (Å²) in [6.45, 7) is 7.84. The Kier molecular flexibility index (Phi) is 9.08. The number of rotatable bonds is 8. The van der Waals surface area contributed by atoms with Gasteiger partial charge in [-0.1, -0.05) is 36.4 Å². The number of aromatic nitrogens is 2. The van der Waals surface area contributed by atoms with Crippen molar-refractivity contribution in [3.63, 3.8) is 0 Å². The Morgan fingerprint density at radius 3 is 2.84 bits per heavy atom. The number of halogens is 2. The Bertz CT molecular complexity index is 1650. The third-order valence-electron chi connectivity index (χ3n) is 9.10. The molecule has 0 spiro atoms. The molecule has 3 atom stereocenters. The Balaban J connectivity index is 1.35. The fourth-order valence-corrected chi connectivity index (χ4v) is 6.98. The highest BCUT2D eigenvalue weighted by atomic mass is 35.5. The Labute approximate surface area is 267 Å². The van der Waals surface area contributed by atoms with Crippen molar-refractivity contribution in [2.24, 2.45) is 5.92 Å². The fourth-order valence-electron chi connectivity index (χ4n) is 6.71. The van der Waals surface area contributed by atoms with Crippen molar-refractivity contribution in [2.75, 3.05) is 69.9 Å². The second kappa shape index (κ2) is 13.2. The molecule has 4 heterocycles. The smallest absolute Gasteiger partial charge is 0.318 e. The molecular weight excluding hydrogens is 597 g/mol. The first kappa shape index (κ1) is 31.0. The molecule has 12 heteroatoms. The second-order valence-corrected chi connectivity index (χ2v) is 12.4. The molecule has 2 saturated heterocycles. The number of carbonyl (C=O) groups excluding carboxylic acids is 1. The number of benzene rings is 2. The lowest BCUT2D eigenvalue weighted by Gasteiger charge is -2.42. The molecule has 0 saturated carbocycles. The molecule has 0 aliphatic carbocycles. The lowest BCUT2D eigenvalue weighted by Crippen LogP contribution is -2.55. The summed E-state index contributed by atoms with van der Waals surface area (Å²) >= 11 is 6.50. The van der Waals surface area contributed by atoms with E-state index in [2.05, 4.69) is 27.3 Å². The number of fused-ring (bicyclic) bond motifs is 2. The quantitative estimate of drug-likeness (QED) is 0.340. The van der Waals surface area contributed by atoms with E-state index < -0.39 is 5.82 Å². The summed E-state index contributed by atoms with van der Waals surface area (Å²) in [5.41, 5.74) is 2.66. The maximum atomic E-state index is 14.6. The van der Waals surface area contributed by atoms with Crippen LogP contribution in [0.15, 0.2) is 43.0 Å². The lowest BCUT2D eigenvalue weighted by atomic mass is 10.0. The van der Waals surface area contributed by atoms with Crippen LogP contribution in [-0.4, -0.2) is 97.9 Å². The van der Waals surface area contributed by atoms with Crippen LogP contribution in [0.2, 0.25) is 5.02 Å². The van der Waals surface area contributed by atoms with Crippen LogP contribution in [0.3, 0.4) is 0 Å². The van der Waals surface area contributed by atoms with Crippen LogP contribution in [-0.2, 0) is 22.5 Å². The van der Waals surface area contributed by atoms with Crippen LogP contribution in [0.5, 0.6) is 6.01 Å². The number of ether oxygens (including phenoxy) is 2. The number of carbonyl (C=O) groups is 1. The van der Waals surface area contributed by atoms with Crippen LogP contribution < -0.4 is 14.5 Å². The highest BCUT2D eigenvalue weighted by Crippen LogP contribution is 2.38. The molecule has 45 heavy (non-hydrogen) atoms. The van der Waals surface area contributed by atoms with Gasteiger partial charge in [-0.15, -0.1) is 0 Å². The van der Waals surface area contributed by atoms with Crippen molar-refractivity contribution in [2.45, 2.75) is 31.5 Å². The molecule has 2 fully saturated rings. The molecule has 10 nitrogen and oxygen atoms in total. The van der Waals surface area contributed by atoms with E-state index in [1.807, 2.05) is 32.3 Å². The third kappa shape index (κ3) is 6.15. The van der Waals surface area contributed by atoms with Crippen molar-refractivity contribution in [3.8, 4) is 12.1 Å². The van der Waals surface area contributed by atoms with E-state index in [1.54, 1.807) is 11.0 Å². The van der Waals surface area contributed by atoms with E-state index in [-0.39, 0.29) is 41.4 Å². The predicted molar refractivity (Wildman–Crippen MR) is 171 cm³/mol. The topological polar surface area (TPSA) is 98.1 Å². The Hall–Kier alpha value is -3.98. The number of anilines is 2. The minimum atomic E-state index is -0.456. The molecule has 1 unspecified atom stereocenters. The molecule has 3 aromatic rings. The summed E-state index contributed by atoms with van der Waals surface area (Å²) in [6.07, 6.45) is 2.14. The van der Waals surface area contributed by atoms with E-state index in [0.29, 0.717) is 64.4 Å². The van der Waals surface area contributed by atoms with E-state index in [9.17, 15) is 14.4 Å². The van der Waals surface area contributed by atoms with Crippen LogP contribution in [0, 0.1) is 23.1 Å². The summed E-state index contributed by atoms with van der Waals surface area (Å²) < 4.78 is 26.6. The van der Waals surface area contributed by atoms with Crippen LogP contribution >= 0.6 is 11.6 Å². The van der Waals surface area contributed by atoms with Crippen molar-refractivity contribution >= 4 is 39.8 Å². The van der Waals surface area contributed by atoms with Gasteiger partial charge in [0.2, 0.25) is 5.91 Å². The summed E-state index contributed by atoms with van der Waals surface area (Å²) in [7, 11) is 4.07. The normalized spacial score (nSPS) is 21.6. The van der Waals surface area contributed by atoms with Crippen molar-refractivity contribution in [1.29, 1.82) is 5.26 Å². The van der Waals surface area contributed by atoms with Crippen molar-refractivity contribution in [1.82, 2.24) is 19.8 Å². The zero-order valence-corrected chi connectivity index (χ0v) is 26.3. The number of likely N-dealkylation sites (N-methyl/N-ethyl adjacent to an activating group) is 1. The SMILES string of the molecule is C=CC(=O)N1CCN(c2nc(OC[C@@H]3COC[C@@H]3N(C)C)nc3c2CCN(c2cccc4ccc(F)c(Cl)c24)C3)CC1CC#N. The van der Waals surface area contributed by atoms with Gasteiger partial charge in [0.25, 0.3) is 0 Å². The van der Waals surface area contributed by atoms with Gasteiger partial charge in [-0.05, 0) is 44.1 Å². The number of nitrogens with zero attached hydrogens (tertiary/aromatic N) is 7. The lowest BCUT2D eigenvalue weighted by molar-refractivity contribution is -0.128. The van der Waals surface area contributed by atoms with Crippen LogP contribution in [0.4, 0.5) is 15.9 Å². The van der Waals surface area contributed by atoms with E-state index >= 15 is 0 Å². The average Bonchev–Trinajstić information content (AvgIpc) is 3.53. The summed E-state index contributed by atoms with van der Waals surface area (Å²) in [4.78, 5) is 30.6. The van der Waals surface area contributed by atoms with Gasteiger partial charge < -0.3 is 29.1 Å². The number of amides is 1. The van der Waals surface area contributed by atoms with E-state index in [4.69, 9.17) is 31.0 Å². The molecule has 3 aliphatic rings. The zero-order chi connectivity index (χ0) is 31.7. The number of hydrogen-bond acceptors (Lipinski definition) is 9. The van der Waals surface area contributed by atoms with Crippen LogP contribution in [0.1, 0.15) is 17.7 Å². The van der Waals surface area contributed by atoms with Gasteiger partial charge in [0.15, 0.2) is 0 Å². The molecule has 2 aromatic carbocycles. The van der Waals surface area contributed by atoms with E-state index in [0.717, 1.165) is 28.1 Å². The monoisotopic (exact) mass is 633 g/mol. The summed E-state index contributed by atoms with van der Waals surface area (Å²) in [5.74, 6) is 0.291. The zero-order valence-electron chi connectivity index (χ0n) is 25.6. The number of nitriles is 1. The highest BCUT2D eigenvalue weighted by molar-refractivity contribution is 6.36. The number of hydrogen-bond donors (Lipinski definition) is 0. The molecule has 1 amide bonds. The van der Waals surface area contributed by atoms with Crippen molar-refractivity contribution < 1.29 is 18.7 Å². The Morgan fingerprint density at radius 1 is 1.22 bits per heavy atom. The summed E-state index contributed by atoms with van der Waals surface area (Å²) in [5, 5.41) is 11.2. The first-order valence-corrected chi connectivity index (χ1v) is 15.6. The van der Waals surface area contributed by atoms with E-state index in [1.165, 1.54) is 12.1 Å². The minimum absolute atomic E-state index is 0.103. The molecule has 0 radical (unpaired) electrons. The highest BCUT2D eigenvalue weighted by Gasteiger charge is 2.35.